The Kier molecular flexibility index (Phi) is 5.18. The molecule has 0 aliphatic carbocycles. The van der Waals surface area contributed by atoms with Crippen molar-refractivity contribution in [2.45, 2.75) is 13.5 Å². The third-order valence-electron chi connectivity index (χ3n) is 3.97. The van der Waals surface area contributed by atoms with Crippen molar-refractivity contribution in [3.63, 3.8) is 0 Å². The summed E-state index contributed by atoms with van der Waals surface area (Å²) in [7, 11) is 0. The Morgan fingerprint density at radius 1 is 1.31 bits per heavy atom. The number of hydrogen-bond acceptors (Lipinski definition) is 4. The average molecular weight is 414 g/mol. The number of nitrogens with one attached hydrogen (secondary N) is 1. The molecule has 2 aromatic carbocycles. The maximum absolute atomic E-state index is 12.2. The van der Waals surface area contributed by atoms with Gasteiger partial charge in [-0.25, -0.2) is 5.43 Å². The molecule has 0 aliphatic heterocycles. The van der Waals surface area contributed by atoms with Gasteiger partial charge in [0.15, 0.2) is 0 Å². The maximum Gasteiger partial charge on any atom is 0.276 e. The first kappa shape index (κ1) is 17.9. The molecule has 0 atom stereocenters. The van der Waals surface area contributed by atoms with Crippen LogP contribution in [0.25, 0.3) is 10.8 Å². The first-order chi connectivity index (χ1) is 12.5. The number of fused-ring (bicyclic) bond motifs is 1. The van der Waals surface area contributed by atoms with Gasteiger partial charge in [0.2, 0.25) is 0 Å². The van der Waals surface area contributed by atoms with Crippen molar-refractivity contribution in [2.24, 2.45) is 5.10 Å². The van der Waals surface area contributed by atoms with Crippen molar-refractivity contribution in [3.05, 3.63) is 74.6 Å². The van der Waals surface area contributed by atoms with Crippen LogP contribution in [0, 0.1) is 0 Å². The third kappa shape index (κ3) is 3.52. The van der Waals surface area contributed by atoms with Gasteiger partial charge in [-0.1, -0.05) is 28.1 Å². The van der Waals surface area contributed by atoms with E-state index in [1.165, 1.54) is 16.8 Å². The standard InChI is InChI=1S/C19H16BrN3O3/c1-2-23-9-3-4-15(19(23)26)18(25)22-21-11-16-14-7-6-13(20)10-12(14)5-8-17(16)24/h3-11,24H,2H2,1H3,(H,22,25)/b21-11-. The number of halogens is 1. The predicted octanol–water partition coefficient (Wildman–Crippen LogP) is 3.25. The quantitative estimate of drug-likeness (QED) is 0.508. The van der Waals surface area contributed by atoms with Crippen LogP contribution in [0.5, 0.6) is 5.75 Å². The lowest BCUT2D eigenvalue weighted by molar-refractivity contribution is 0.0953. The zero-order valence-electron chi connectivity index (χ0n) is 13.9. The van der Waals surface area contributed by atoms with Crippen molar-refractivity contribution >= 4 is 38.8 Å². The number of benzene rings is 2. The van der Waals surface area contributed by atoms with E-state index in [1.807, 2.05) is 25.1 Å². The van der Waals surface area contributed by atoms with Crippen molar-refractivity contribution in [1.82, 2.24) is 9.99 Å². The molecule has 132 valence electrons. The van der Waals surface area contributed by atoms with E-state index in [1.54, 1.807) is 24.4 Å². The van der Waals surface area contributed by atoms with Crippen molar-refractivity contribution in [1.29, 1.82) is 0 Å². The molecule has 0 saturated heterocycles. The molecule has 0 fully saturated rings. The minimum absolute atomic E-state index is 0.0116. The van der Waals surface area contributed by atoms with Crippen LogP contribution in [0.1, 0.15) is 22.8 Å². The number of aromatic nitrogens is 1. The monoisotopic (exact) mass is 413 g/mol. The number of amides is 1. The summed E-state index contributed by atoms with van der Waals surface area (Å²) in [6, 6.07) is 12.1. The summed E-state index contributed by atoms with van der Waals surface area (Å²) in [5, 5.41) is 15.7. The summed E-state index contributed by atoms with van der Waals surface area (Å²) in [6.45, 7) is 2.30. The summed E-state index contributed by atoms with van der Waals surface area (Å²) >= 11 is 3.41. The van der Waals surface area contributed by atoms with Crippen LogP contribution in [0.15, 0.2) is 63.0 Å². The fourth-order valence-corrected chi connectivity index (χ4v) is 3.00. The van der Waals surface area contributed by atoms with Crippen LogP contribution in [0.2, 0.25) is 0 Å². The van der Waals surface area contributed by atoms with Crippen LogP contribution in [0.3, 0.4) is 0 Å². The van der Waals surface area contributed by atoms with E-state index < -0.39 is 5.91 Å². The Labute approximate surface area is 157 Å². The number of aryl methyl sites for hydroxylation is 1. The van der Waals surface area contributed by atoms with Crippen LogP contribution in [0.4, 0.5) is 0 Å². The molecule has 0 saturated carbocycles. The smallest absolute Gasteiger partial charge is 0.276 e. The number of phenols is 1. The van der Waals surface area contributed by atoms with Crippen LogP contribution < -0.4 is 11.0 Å². The highest BCUT2D eigenvalue weighted by Crippen LogP contribution is 2.27. The predicted molar refractivity (Wildman–Crippen MR) is 105 cm³/mol. The van der Waals surface area contributed by atoms with E-state index in [2.05, 4.69) is 26.5 Å². The van der Waals surface area contributed by atoms with E-state index in [4.69, 9.17) is 0 Å². The summed E-state index contributed by atoms with van der Waals surface area (Å²) in [5.41, 5.74) is 2.46. The molecule has 1 aromatic heterocycles. The van der Waals surface area contributed by atoms with Crippen molar-refractivity contribution in [2.75, 3.05) is 0 Å². The fourth-order valence-electron chi connectivity index (χ4n) is 2.62. The molecule has 0 spiro atoms. The molecule has 1 amide bonds. The lowest BCUT2D eigenvalue weighted by Crippen LogP contribution is -2.30. The molecule has 0 unspecified atom stereocenters. The van der Waals surface area contributed by atoms with Crippen molar-refractivity contribution < 1.29 is 9.90 Å². The van der Waals surface area contributed by atoms with E-state index >= 15 is 0 Å². The molecule has 0 bridgehead atoms. The first-order valence-corrected chi connectivity index (χ1v) is 8.74. The van der Waals surface area contributed by atoms with Gasteiger partial charge in [-0.15, -0.1) is 0 Å². The minimum atomic E-state index is -0.600. The molecule has 26 heavy (non-hydrogen) atoms. The molecular formula is C19H16BrN3O3. The van der Waals surface area contributed by atoms with Gasteiger partial charge < -0.3 is 9.67 Å². The van der Waals surface area contributed by atoms with Crippen molar-refractivity contribution in [3.8, 4) is 5.75 Å². The summed E-state index contributed by atoms with van der Waals surface area (Å²) in [5.74, 6) is -0.553. The largest absolute Gasteiger partial charge is 0.507 e. The molecule has 0 aliphatic rings. The van der Waals surface area contributed by atoms with Gasteiger partial charge in [0.25, 0.3) is 11.5 Å². The van der Waals surface area contributed by atoms with Gasteiger partial charge in [-0.05, 0) is 48.0 Å². The molecule has 3 rings (SSSR count). The molecule has 1 heterocycles. The normalized spacial score (nSPS) is 11.2. The average Bonchev–Trinajstić information content (AvgIpc) is 2.63. The Balaban J connectivity index is 1.88. The maximum atomic E-state index is 12.2. The number of carbonyl (C=O) groups excluding carboxylic acids is 1. The summed E-state index contributed by atoms with van der Waals surface area (Å²) < 4.78 is 2.36. The molecule has 0 radical (unpaired) electrons. The SMILES string of the molecule is CCn1cccc(C(=O)N/N=C\c2c(O)ccc3cc(Br)ccc23)c1=O. The second-order valence-corrected chi connectivity index (χ2v) is 6.49. The Morgan fingerprint density at radius 2 is 2.12 bits per heavy atom. The number of phenolic OH excluding ortho intramolecular Hbond substituents is 1. The second kappa shape index (κ2) is 7.53. The van der Waals surface area contributed by atoms with Gasteiger partial charge in [0.1, 0.15) is 11.3 Å². The Hall–Kier alpha value is -2.93. The van der Waals surface area contributed by atoms with Gasteiger partial charge in [0.05, 0.1) is 6.21 Å². The molecule has 6 nitrogen and oxygen atoms in total. The summed E-state index contributed by atoms with van der Waals surface area (Å²) in [6.07, 6.45) is 2.99. The lowest BCUT2D eigenvalue weighted by Gasteiger charge is -2.06. The van der Waals surface area contributed by atoms with Crippen LogP contribution in [-0.2, 0) is 6.54 Å². The lowest BCUT2D eigenvalue weighted by atomic mass is 10.0. The van der Waals surface area contributed by atoms with Gasteiger partial charge in [-0.2, -0.15) is 5.10 Å². The number of rotatable bonds is 4. The van der Waals surface area contributed by atoms with Gasteiger partial charge in [-0.3, -0.25) is 9.59 Å². The number of hydrogen-bond donors (Lipinski definition) is 2. The molecule has 7 heteroatoms. The number of pyridine rings is 1. The van der Waals surface area contributed by atoms with Crippen LogP contribution >= 0.6 is 15.9 Å². The minimum Gasteiger partial charge on any atom is -0.507 e. The number of hydrazone groups is 1. The fraction of sp³-hybridized carbons (Fsp3) is 0.105. The Bertz CT molecular complexity index is 1070. The highest BCUT2D eigenvalue weighted by atomic mass is 79.9. The van der Waals surface area contributed by atoms with E-state index in [0.29, 0.717) is 12.1 Å². The number of carbonyl (C=O) groups is 1. The van der Waals surface area contributed by atoms with E-state index in [0.717, 1.165) is 15.2 Å². The van der Waals surface area contributed by atoms with E-state index in [-0.39, 0.29) is 16.9 Å². The Morgan fingerprint density at radius 3 is 2.88 bits per heavy atom. The third-order valence-corrected chi connectivity index (χ3v) is 4.46. The van der Waals surface area contributed by atoms with Gasteiger partial charge in [0, 0.05) is 22.8 Å². The van der Waals surface area contributed by atoms with Gasteiger partial charge >= 0.3 is 0 Å². The number of aromatic hydroxyl groups is 1. The number of nitrogens with zero attached hydrogens (tertiary/aromatic N) is 2. The summed E-state index contributed by atoms with van der Waals surface area (Å²) in [4.78, 5) is 24.4. The molecule has 3 aromatic rings. The first-order valence-electron chi connectivity index (χ1n) is 7.95. The highest BCUT2D eigenvalue weighted by Gasteiger charge is 2.11. The second-order valence-electron chi connectivity index (χ2n) is 5.58. The van der Waals surface area contributed by atoms with Crippen LogP contribution in [-0.4, -0.2) is 21.8 Å². The molecular weight excluding hydrogens is 398 g/mol. The zero-order chi connectivity index (χ0) is 18.7. The highest BCUT2D eigenvalue weighted by molar-refractivity contribution is 9.10. The topological polar surface area (TPSA) is 83.7 Å². The van der Waals surface area contributed by atoms with E-state index in [9.17, 15) is 14.7 Å². The molecule has 2 N–H and O–H groups in total. The zero-order valence-corrected chi connectivity index (χ0v) is 15.5.